The van der Waals surface area contributed by atoms with Crippen LogP contribution in [0.15, 0.2) is 48.5 Å². The maximum absolute atomic E-state index is 5.91. The first-order chi connectivity index (χ1) is 9.24. The van der Waals surface area contributed by atoms with Gasteiger partial charge in [-0.25, -0.2) is 0 Å². The highest BCUT2D eigenvalue weighted by molar-refractivity contribution is 6.17. The Balaban J connectivity index is 2.20. The topological polar surface area (TPSA) is 3.24 Å². The molecule has 100 valence electrons. The fraction of sp³-hybridized carbons (Fsp3) is 0.294. The zero-order chi connectivity index (χ0) is 13.7. The molecule has 0 aliphatic heterocycles. The lowest BCUT2D eigenvalue weighted by Gasteiger charge is -2.24. The monoisotopic (exact) mass is 273 g/mol. The van der Waals surface area contributed by atoms with Crippen molar-refractivity contribution in [2.24, 2.45) is 0 Å². The zero-order valence-electron chi connectivity index (χ0n) is 11.6. The van der Waals surface area contributed by atoms with Gasteiger partial charge in [0, 0.05) is 24.7 Å². The average molecular weight is 274 g/mol. The molecule has 2 heteroatoms. The van der Waals surface area contributed by atoms with Gasteiger partial charge < -0.3 is 4.90 Å². The maximum atomic E-state index is 5.91. The van der Waals surface area contributed by atoms with E-state index in [1.54, 1.807) is 0 Å². The van der Waals surface area contributed by atoms with E-state index in [1.807, 2.05) is 0 Å². The molecule has 1 nitrogen and oxygen atoms in total. The lowest BCUT2D eigenvalue weighted by Crippen LogP contribution is -2.22. The number of halogens is 1. The molecular formula is C17H20ClN. The number of rotatable bonds is 5. The molecule has 0 aliphatic carbocycles. The minimum absolute atomic E-state index is 0.580. The SMILES string of the molecule is CCN(Cc1ccccc1)c1ccc(CCl)c(C)c1. The van der Waals surface area contributed by atoms with Crippen molar-refractivity contribution in [3.05, 3.63) is 65.2 Å². The molecule has 2 rings (SSSR count). The first-order valence-electron chi connectivity index (χ1n) is 6.69. The van der Waals surface area contributed by atoms with Crippen LogP contribution in [0, 0.1) is 6.92 Å². The summed E-state index contributed by atoms with van der Waals surface area (Å²) in [6.07, 6.45) is 0. The Bertz CT molecular complexity index is 522. The third-order valence-electron chi connectivity index (χ3n) is 3.43. The Kier molecular flexibility index (Phi) is 4.86. The number of hydrogen-bond acceptors (Lipinski definition) is 1. The van der Waals surface area contributed by atoms with Crippen LogP contribution in [-0.4, -0.2) is 6.54 Å². The maximum Gasteiger partial charge on any atom is 0.0476 e. The van der Waals surface area contributed by atoms with Gasteiger partial charge in [-0.3, -0.25) is 0 Å². The number of alkyl halides is 1. The number of nitrogens with zero attached hydrogens (tertiary/aromatic N) is 1. The number of anilines is 1. The van der Waals surface area contributed by atoms with Crippen LogP contribution in [0.25, 0.3) is 0 Å². The van der Waals surface area contributed by atoms with Gasteiger partial charge in [-0.2, -0.15) is 0 Å². The van der Waals surface area contributed by atoms with Gasteiger partial charge in [0.2, 0.25) is 0 Å². The van der Waals surface area contributed by atoms with Gasteiger partial charge >= 0.3 is 0 Å². The van der Waals surface area contributed by atoms with Gasteiger partial charge in [-0.1, -0.05) is 36.4 Å². The summed E-state index contributed by atoms with van der Waals surface area (Å²) in [7, 11) is 0. The van der Waals surface area contributed by atoms with E-state index in [4.69, 9.17) is 11.6 Å². The lowest BCUT2D eigenvalue weighted by molar-refractivity contribution is 0.831. The van der Waals surface area contributed by atoms with E-state index in [0.717, 1.165) is 13.1 Å². The fourth-order valence-corrected chi connectivity index (χ4v) is 2.52. The molecule has 0 N–H and O–H groups in total. The molecule has 0 heterocycles. The average Bonchev–Trinajstić information content (AvgIpc) is 2.46. The fourth-order valence-electron chi connectivity index (χ4n) is 2.22. The normalized spacial score (nSPS) is 10.5. The Hall–Kier alpha value is -1.47. The third kappa shape index (κ3) is 3.51. The number of benzene rings is 2. The number of hydrogen-bond donors (Lipinski definition) is 0. The van der Waals surface area contributed by atoms with Crippen molar-refractivity contribution in [1.82, 2.24) is 0 Å². The van der Waals surface area contributed by atoms with Gasteiger partial charge in [0.25, 0.3) is 0 Å². The van der Waals surface area contributed by atoms with E-state index in [9.17, 15) is 0 Å². The zero-order valence-corrected chi connectivity index (χ0v) is 12.3. The van der Waals surface area contributed by atoms with E-state index < -0.39 is 0 Å². The molecule has 0 bridgehead atoms. The molecule has 0 spiro atoms. The van der Waals surface area contributed by atoms with Crippen LogP contribution in [0.4, 0.5) is 5.69 Å². The smallest absolute Gasteiger partial charge is 0.0476 e. The Labute approximate surface area is 120 Å². The van der Waals surface area contributed by atoms with Crippen LogP contribution in [-0.2, 0) is 12.4 Å². The third-order valence-corrected chi connectivity index (χ3v) is 3.72. The number of aryl methyl sites for hydroxylation is 1. The van der Waals surface area contributed by atoms with Gasteiger partial charge in [-0.05, 0) is 42.7 Å². The van der Waals surface area contributed by atoms with Crippen LogP contribution in [0.5, 0.6) is 0 Å². The highest BCUT2D eigenvalue weighted by Crippen LogP contribution is 2.22. The molecule has 0 aromatic heterocycles. The molecule has 19 heavy (non-hydrogen) atoms. The standard InChI is InChI=1S/C17H20ClN/c1-3-19(13-15-7-5-4-6-8-15)17-10-9-16(12-18)14(2)11-17/h4-11H,3,12-13H2,1-2H3. The highest BCUT2D eigenvalue weighted by atomic mass is 35.5. The van der Waals surface area contributed by atoms with Crippen molar-refractivity contribution < 1.29 is 0 Å². The van der Waals surface area contributed by atoms with Crippen LogP contribution < -0.4 is 4.90 Å². The highest BCUT2D eigenvalue weighted by Gasteiger charge is 2.07. The van der Waals surface area contributed by atoms with Crippen molar-refractivity contribution in [1.29, 1.82) is 0 Å². The van der Waals surface area contributed by atoms with Crippen LogP contribution in [0.3, 0.4) is 0 Å². The molecule has 0 saturated carbocycles. The first kappa shape index (κ1) is 14.0. The van der Waals surface area contributed by atoms with Crippen molar-refractivity contribution in [3.63, 3.8) is 0 Å². The summed E-state index contributed by atoms with van der Waals surface area (Å²) in [5.74, 6) is 0.580. The minimum atomic E-state index is 0.580. The Morgan fingerprint density at radius 2 is 1.79 bits per heavy atom. The Morgan fingerprint density at radius 3 is 2.37 bits per heavy atom. The van der Waals surface area contributed by atoms with E-state index in [2.05, 4.69) is 67.3 Å². The van der Waals surface area contributed by atoms with Crippen molar-refractivity contribution in [2.75, 3.05) is 11.4 Å². The molecule has 0 unspecified atom stereocenters. The molecule has 0 fully saturated rings. The minimum Gasteiger partial charge on any atom is -0.367 e. The summed E-state index contributed by atoms with van der Waals surface area (Å²) in [4.78, 5) is 2.38. The van der Waals surface area contributed by atoms with E-state index in [-0.39, 0.29) is 0 Å². The van der Waals surface area contributed by atoms with Crippen LogP contribution >= 0.6 is 11.6 Å². The van der Waals surface area contributed by atoms with Gasteiger partial charge in [-0.15, -0.1) is 11.6 Å². The van der Waals surface area contributed by atoms with E-state index in [1.165, 1.54) is 22.4 Å². The molecule has 0 radical (unpaired) electrons. The molecule has 2 aromatic rings. The molecule has 2 aromatic carbocycles. The van der Waals surface area contributed by atoms with Gasteiger partial charge in [0.15, 0.2) is 0 Å². The molecular weight excluding hydrogens is 254 g/mol. The second-order valence-corrected chi connectivity index (χ2v) is 5.01. The largest absolute Gasteiger partial charge is 0.367 e. The molecule has 0 atom stereocenters. The quantitative estimate of drug-likeness (QED) is 0.710. The van der Waals surface area contributed by atoms with Crippen LogP contribution in [0.2, 0.25) is 0 Å². The predicted octanol–water partition coefficient (Wildman–Crippen LogP) is 4.76. The summed E-state index contributed by atoms with van der Waals surface area (Å²) in [5.41, 5.74) is 5.07. The molecule has 0 amide bonds. The summed E-state index contributed by atoms with van der Waals surface area (Å²) in [5, 5.41) is 0. The van der Waals surface area contributed by atoms with E-state index >= 15 is 0 Å². The summed E-state index contributed by atoms with van der Waals surface area (Å²) in [6, 6.07) is 17.1. The lowest BCUT2D eigenvalue weighted by atomic mass is 10.1. The van der Waals surface area contributed by atoms with Gasteiger partial charge in [0.05, 0.1) is 0 Å². The molecule has 0 aliphatic rings. The molecule has 0 saturated heterocycles. The van der Waals surface area contributed by atoms with Crippen molar-refractivity contribution in [2.45, 2.75) is 26.3 Å². The second-order valence-electron chi connectivity index (χ2n) is 4.74. The van der Waals surface area contributed by atoms with Crippen molar-refractivity contribution >= 4 is 17.3 Å². The predicted molar refractivity (Wildman–Crippen MR) is 83.9 cm³/mol. The first-order valence-corrected chi connectivity index (χ1v) is 7.22. The Morgan fingerprint density at radius 1 is 1.05 bits per heavy atom. The summed E-state index contributed by atoms with van der Waals surface area (Å²) >= 11 is 5.91. The van der Waals surface area contributed by atoms with E-state index in [0.29, 0.717) is 5.88 Å². The van der Waals surface area contributed by atoms with Gasteiger partial charge in [0.1, 0.15) is 0 Å². The second kappa shape index (κ2) is 6.63. The summed E-state index contributed by atoms with van der Waals surface area (Å²) in [6.45, 7) is 6.25. The summed E-state index contributed by atoms with van der Waals surface area (Å²) < 4.78 is 0. The van der Waals surface area contributed by atoms with Crippen molar-refractivity contribution in [3.8, 4) is 0 Å². The van der Waals surface area contributed by atoms with Crippen LogP contribution in [0.1, 0.15) is 23.6 Å².